The van der Waals surface area contributed by atoms with Crippen molar-refractivity contribution in [2.75, 3.05) is 52.3 Å². The third-order valence-electron chi connectivity index (χ3n) is 6.18. The van der Waals surface area contributed by atoms with Gasteiger partial charge in [-0.25, -0.2) is 14.8 Å². The molecule has 4 rings (SSSR count). The summed E-state index contributed by atoms with van der Waals surface area (Å²) < 4.78 is 79.7. The summed E-state index contributed by atoms with van der Waals surface area (Å²) in [7, 11) is 5.07. The summed E-state index contributed by atoms with van der Waals surface area (Å²) in [5, 5.41) is 12.0. The number of carboxylic acid groups (broad SMARTS) is 1. The molecule has 1 aliphatic heterocycles. The highest BCUT2D eigenvalue weighted by molar-refractivity contribution is 5.95. The van der Waals surface area contributed by atoms with Crippen LogP contribution in [-0.4, -0.2) is 73.3 Å². The minimum atomic E-state index is -4.79. The standard InChI is InChI=1S/C17H20N4O3.C10H9F6N/c1-20-7-9-21(10-8-20)17-18-11-13(16(22)23)15(19-17)12-5-3-4-6-14(12)24-2;1-17-5-6-2-7(9(11,12)13)4-8(3-6)10(14,15)16/h3-6,11H,7-10H2,1-2H3,(H,22,23);2-4,17H,5H2,1H3. The Morgan fingerprint density at radius 1 is 1.00 bits per heavy atom. The van der Waals surface area contributed by atoms with Gasteiger partial charge in [0, 0.05) is 44.5 Å². The number of nitrogens with zero attached hydrogens (tertiary/aromatic N) is 4. The summed E-state index contributed by atoms with van der Waals surface area (Å²) in [5.41, 5.74) is -1.55. The van der Waals surface area contributed by atoms with Gasteiger partial charge < -0.3 is 25.0 Å². The third kappa shape index (κ3) is 8.30. The molecular weight excluding hydrogens is 556 g/mol. The second-order valence-corrected chi connectivity index (χ2v) is 9.17. The number of aromatic carboxylic acids is 1. The number of nitrogens with one attached hydrogen (secondary N) is 1. The van der Waals surface area contributed by atoms with Crippen molar-refractivity contribution in [1.82, 2.24) is 20.2 Å². The number of likely N-dealkylation sites (N-methyl/N-ethyl adjacent to an activating group) is 1. The lowest BCUT2D eigenvalue weighted by Gasteiger charge is -2.32. The quantitative estimate of drug-likeness (QED) is 0.389. The van der Waals surface area contributed by atoms with Gasteiger partial charge >= 0.3 is 18.3 Å². The van der Waals surface area contributed by atoms with Crippen LogP contribution in [-0.2, 0) is 18.9 Å². The van der Waals surface area contributed by atoms with Crippen LogP contribution in [0.1, 0.15) is 27.0 Å². The van der Waals surface area contributed by atoms with E-state index in [0.29, 0.717) is 35.1 Å². The summed E-state index contributed by atoms with van der Waals surface area (Å²) in [6.07, 6.45) is -8.20. The number of piperazine rings is 1. The van der Waals surface area contributed by atoms with Gasteiger partial charge in [-0.05, 0) is 50.0 Å². The van der Waals surface area contributed by atoms with Crippen molar-refractivity contribution < 1.29 is 41.0 Å². The Hall–Kier alpha value is -3.91. The molecule has 0 atom stereocenters. The topological polar surface area (TPSA) is 90.8 Å². The molecule has 1 aromatic heterocycles. The maximum atomic E-state index is 12.4. The summed E-state index contributed by atoms with van der Waals surface area (Å²) >= 11 is 0. The van der Waals surface area contributed by atoms with Gasteiger partial charge in [0.15, 0.2) is 0 Å². The average molecular weight is 586 g/mol. The molecule has 1 aliphatic rings. The zero-order valence-corrected chi connectivity index (χ0v) is 22.5. The van der Waals surface area contributed by atoms with Crippen LogP contribution in [0.2, 0.25) is 0 Å². The van der Waals surface area contributed by atoms with Crippen molar-refractivity contribution in [3.63, 3.8) is 0 Å². The molecule has 1 saturated heterocycles. The van der Waals surface area contributed by atoms with E-state index >= 15 is 0 Å². The van der Waals surface area contributed by atoms with Crippen molar-refractivity contribution >= 4 is 11.9 Å². The fourth-order valence-corrected chi connectivity index (χ4v) is 4.06. The van der Waals surface area contributed by atoms with Crippen molar-refractivity contribution in [1.29, 1.82) is 0 Å². The van der Waals surface area contributed by atoms with Gasteiger partial charge in [0.25, 0.3) is 0 Å². The van der Waals surface area contributed by atoms with Crippen molar-refractivity contribution in [2.45, 2.75) is 18.9 Å². The maximum Gasteiger partial charge on any atom is 0.416 e. The maximum absolute atomic E-state index is 12.4. The first-order valence-electron chi connectivity index (χ1n) is 12.3. The van der Waals surface area contributed by atoms with E-state index in [4.69, 9.17) is 4.74 Å². The number of carboxylic acids is 1. The first-order valence-corrected chi connectivity index (χ1v) is 12.3. The molecule has 0 amide bonds. The normalized spacial score (nSPS) is 14.3. The van der Waals surface area contributed by atoms with Gasteiger partial charge in [-0.15, -0.1) is 0 Å². The highest BCUT2D eigenvalue weighted by atomic mass is 19.4. The van der Waals surface area contributed by atoms with E-state index in [1.807, 2.05) is 12.1 Å². The van der Waals surface area contributed by atoms with Crippen LogP contribution in [0, 0.1) is 0 Å². The third-order valence-corrected chi connectivity index (χ3v) is 6.18. The van der Waals surface area contributed by atoms with Crippen LogP contribution in [0.15, 0.2) is 48.7 Å². The minimum Gasteiger partial charge on any atom is -0.496 e. The zero-order chi connectivity index (χ0) is 30.4. The van der Waals surface area contributed by atoms with Crippen molar-refractivity contribution in [3.8, 4) is 17.0 Å². The predicted octanol–water partition coefficient (Wildman–Crippen LogP) is 5.05. The smallest absolute Gasteiger partial charge is 0.416 e. The molecule has 2 N–H and O–H groups in total. The van der Waals surface area contributed by atoms with E-state index in [9.17, 15) is 36.2 Å². The van der Waals surface area contributed by atoms with Crippen molar-refractivity contribution in [2.24, 2.45) is 0 Å². The molecule has 2 aromatic carbocycles. The Kier molecular flexibility index (Phi) is 10.2. The minimum absolute atomic E-state index is 0.0605. The number of ether oxygens (including phenoxy) is 1. The van der Waals surface area contributed by atoms with Crippen molar-refractivity contribution in [3.05, 3.63) is 70.9 Å². The van der Waals surface area contributed by atoms with Gasteiger partial charge in [0.05, 0.1) is 23.9 Å². The molecule has 2 heterocycles. The molecule has 0 aliphatic carbocycles. The fourth-order valence-electron chi connectivity index (χ4n) is 4.06. The lowest BCUT2D eigenvalue weighted by atomic mass is 10.0. The number of rotatable bonds is 6. The molecule has 0 spiro atoms. The number of aromatic nitrogens is 2. The highest BCUT2D eigenvalue weighted by Crippen LogP contribution is 2.36. The second kappa shape index (κ2) is 13.2. The number of benzene rings is 2. The predicted molar refractivity (Wildman–Crippen MR) is 140 cm³/mol. The lowest BCUT2D eigenvalue weighted by molar-refractivity contribution is -0.143. The van der Waals surface area contributed by atoms with E-state index < -0.39 is 29.4 Å². The molecule has 3 aromatic rings. The molecule has 41 heavy (non-hydrogen) atoms. The highest BCUT2D eigenvalue weighted by Gasteiger charge is 2.36. The van der Waals surface area contributed by atoms with E-state index in [-0.39, 0.29) is 23.7 Å². The summed E-state index contributed by atoms with van der Waals surface area (Å²) in [6, 6.07) is 8.78. The molecule has 0 bridgehead atoms. The van der Waals surface area contributed by atoms with Crippen LogP contribution in [0.5, 0.6) is 5.75 Å². The van der Waals surface area contributed by atoms with E-state index in [1.54, 1.807) is 19.2 Å². The average Bonchev–Trinajstić information content (AvgIpc) is 2.92. The van der Waals surface area contributed by atoms with Crippen LogP contribution < -0.4 is 15.0 Å². The number of halogens is 6. The molecule has 14 heteroatoms. The molecule has 0 radical (unpaired) electrons. The van der Waals surface area contributed by atoms with E-state index in [2.05, 4.69) is 32.1 Å². The number of methoxy groups -OCH3 is 1. The number of hydrogen-bond acceptors (Lipinski definition) is 7. The summed E-state index contributed by atoms with van der Waals surface area (Å²) in [4.78, 5) is 24.7. The van der Waals surface area contributed by atoms with Crippen LogP contribution in [0.4, 0.5) is 32.3 Å². The lowest BCUT2D eigenvalue weighted by Crippen LogP contribution is -2.45. The number of alkyl halides is 6. The van der Waals surface area contributed by atoms with Gasteiger partial charge in [0.1, 0.15) is 11.3 Å². The number of hydrogen-bond donors (Lipinski definition) is 2. The molecule has 0 saturated carbocycles. The first-order chi connectivity index (χ1) is 19.2. The zero-order valence-electron chi connectivity index (χ0n) is 22.5. The van der Waals surface area contributed by atoms with Gasteiger partial charge in [-0.3, -0.25) is 0 Å². The van der Waals surface area contributed by atoms with Gasteiger partial charge in [-0.1, -0.05) is 12.1 Å². The van der Waals surface area contributed by atoms with Gasteiger partial charge in [0.2, 0.25) is 5.95 Å². The van der Waals surface area contributed by atoms with Crippen LogP contribution in [0.25, 0.3) is 11.3 Å². The fraction of sp³-hybridized carbons (Fsp3) is 0.370. The monoisotopic (exact) mass is 585 g/mol. The molecular formula is C27H29F6N5O3. The molecule has 0 unspecified atom stereocenters. The first kappa shape index (κ1) is 31.6. The number of carbonyl (C=O) groups is 1. The number of para-hydroxylation sites is 1. The van der Waals surface area contributed by atoms with E-state index in [0.717, 1.165) is 26.2 Å². The second-order valence-electron chi connectivity index (χ2n) is 9.17. The summed E-state index contributed by atoms with van der Waals surface area (Å²) in [5.74, 6) is 0.0814. The SMILES string of the molecule is CNCc1cc(C(F)(F)F)cc(C(F)(F)F)c1.COc1ccccc1-c1nc(N2CCN(C)CC2)ncc1C(=O)O. The Morgan fingerprint density at radius 2 is 1.59 bits per heavy atom. The Bertz CT molecular complexity index is 1310. The van der Waals surface area contributed by atoms with Gasteiger partial charge in [-0.2, -0.15) is 26.3 Å². The Morgan fingerprint density at radius 3 is 2.10 bits per heavy atom. The molecule has 222 valence electrons. The number of anilines is 1. The van der Waals surface area contributed by atoms with Crippen LogP contribution in [0.3, 0.4) is 0 Å². The van der Waals surface area contributed by atoms with E-state index in [1.165, 1.54) is 13.2 Å². The largest absolute Gasteiger partial charge is 0.496 e. The Labute approximate surface area is 232 Å². The molecule has 1 fully saturated rings. The molecule has 8 nitrogen and oxygen atoms in total. The Balaban J connectivity index is 0.000000241. The summed E-state index contributed by atoms with van der Waals surface area (Å²) in [6.45, 7) is 3.41. The van der Waals surface area contributed by atoms with Crippen LogP contribution >= 0.6 is 0 Å².